The zero-order valence-corrected chi connectivity index (χ0v) is 14.0. The van der Waals surface area contributed by atoms with Crippen molar-refractivity contribution in [1.29, 1.82) is 0 Å². The summed E-state index contributed by atoms with van der Waals surface area (Å²) in [5, 5.41) is 17.9. The maximum Gasteiger partial charge on any atom is 0.246 e. The van der Waals surface area contributed by atoms with Gasteiger partial charge in [-0.1, -0.05) is 57.1 Å². The van der Waals surface area contributed by atoms with E-state index in [1.54, 1.807) is 0 Å². The molecule has 0 radical (unpaired) electrons. The summed E-state index contributed by atoms with van der Waals surface area (Å²) in [5.41, 5.74) is 4.99. The van der Waals surface area contributed by atoms with E-state index >= 15 is 0 Å². The molecule has 4 N–H and O–H groups in total. The van der Waals surface area contributed by atoms with Crippen LogP contribution in [0.25, 0.3) is 0 Å². The highest BCUT2D eigenvalue weighted by atomic mass is 16.3. The maximum atomic E-state index is 10.6. The molecule has 0 rings (SSSR count). The Bertz CT molecular complexity index is 280. The SMILES string of the molecule is NC(=O)C(O)CCCCCC/C=C\CCCCCCCCO. The molecular weight excluding hydrogens is 278 g/mol. The zero-order valence-electron chi connectivity index (χ0n) is 14.0. The molecule has 0 aliphatic carbocycles. The van der Waals surface area contributed by atoms with Crippen LogP contribution in [0.3, 0.4) is 0 Å². The molecule has 0 saturated carbocycles. The normalized spacial score (nSPS) is 12.8. The molecule has 4 heteroatoms. The van der Waals surface area contributed by atoms with Gasteiger partial charge in [-0.2, -0.15) is 0 Å². The number of hydrogen-bond acceptors (Lipinski definition) is 3. The molecule has 0 aromatic rings. The Labute approximate surface area is 135 Å². The van der Waals surface area contributed by atoms with E-state index in [1.807, 2.05) is 0 Å². The second-order valence-electron chi connectivity index (χ2n) is 6.01. The van der Waals surface area contributed by atoms with Gasteiger partial charge >= 0.3 is 0 Å². The predicted octanol–water partition coefficient (Wildman–Crippen LogP) is 3.45. The first-order valence-corrected chi connectivity index (χ1v) is 8.91. The quantitative estimate of drug-likeness (QED) is 0.301. The monoisotopic (exact) mass is 313 g/mol. The Kier molecular flexibility index (Phi) is 15.8. The number of carbonyl (C=O) groups excluding carboxylic acids is 1. The third-order valence-corrected chi connectivity index (χ3v) is 3.87. The first kappa shape index (κ1) is 21.1. The highest BCUT2D eigenvalue weighted by molar-refractivity contribution is 5.78. The van der Waals surface area contributed by atoms with Crippen molar-refractivity contribution in [2.45, 2.75) is 89.6 Å². The van der Waals surface area contributed by atoms with Crippen molar-refractivity contribution < 1.29 is 15.0 Å². The van der Waals surface area contributed by atoms with Crippen molar-refractivity contribution in [3.8, 4) is 0 Å². The average Bonchev–Trinajstić information content (AvgIpc) is 2.50. The third kappa shape index (κ3) is 15.5. The molecule has 0 heterocycles. The molecule has 0 spiro atoms. The molecule has 0 aliphatic rings. The molecule has 1 atom stereocenters. The van der Waals surface area contributed by atoms with Crippen molar-refractivity contribution in [2.75, 3.05) is 6.61 Å². The van der Waals surface area contributed by atoms with Gasteiger partial charge in [0.1, 0.15) is 6.10 Å². The van der Waals surface area contributed by atoms with Gasteiger partial charge in [0.25, 0.3) is 0 Å². The molecule has 0 saturated heterocycles. The molecule has 22 heavy (non-hydrogen) atoms. The van der Waals surface area contributed by atoms with E-state index in [4.69, 9.17) is 10.8 Å². The van der Waals surface area contributed by atoms with Gasteiger partial charge in [-0.15, -0.1) is 0 Å². The summed E-state index contributed by atoms with van der Waals surface area (Å²) >= 11 is 0. The van der Waals surface area contributed by atoms with Crippen LogP contribution in [0.2, 0.25) is 0 Å². The molecule has 0 fully saturated rings. The Morgan fingerprint density at radius 1 is 0.818 bits per heavy atom. The van der Waals surface area contributed by atoms with E-state index in [0.717, 1.165) is 38.5 Å². The van der Waals surface area contributed by atoms with Crippen LogP contribution in [0.4, 0.5) is 0 Å². The number of unbranched alkanes of at least 4 members (excludes halogenated alkanes) is 10. The molecule has 0 aromatic carbocycles. The molecule has 0 aliphatic heterocycles. The Morgan fingerprint density at radius 3 is 1.77 bits per heavy atom. The van der Waals surface area contributed by atoms with Crippen LogP contribution in [0, 0.1) is 0 Å². The van der Waals surface area contributed by atoms with E-state index in [-0.39, 0.29) is 0 Å². The summed E-state index contributed by atoms with van der Waals surface area (Å²) in [4.78, 5) is 10.6. The van der Waals surface area contributed by atoms with Crippen LogP contribution in [0.1, 0.15) is 83.5 Å². The number of aliphatic hydroxyl groups excluding tert-OH is 2. The Morgan fingerprint density at radius 2 is 1.27 bits per heavy atom. The van der Waals surface area contributed by atoms with Crippen LogP contribution in [0.5, 0.6) is 0 Å². The minimum atomic E-state index is -0.969. The molecule has 0 aromatic heterocycles. The fourth-order valence-corrected chi connectivity index (χ4v) is 2.41. The third-order valence-electron chi connectivity index (χ3n) is 3.87. The minimum absolute atomic E-state index is 0.328. The van der Waals surface area contributed by atoms with E-state index < -0.39 is 12.0 Å². The number of aliphatic hydroxyl groups is 2. The number of primary amides is 1. The summed E-state index contributed by atoms with van der Waals surface area (Å²) < 4.78 is 0. The smallest absolute Gasteiger partial charge is 0.246 e. The summed E-state index contributed by atoms with van der Waals surface area (Å²) in [6, 6.07) is 0. The van der Waals surface area contributed by atoms with Gasteiger partial charge in [0.15, 0.2) is 0 Å². The number of amides is 1. The number of allylic oxidation sites excluding steroid dienone is 2. The highest BCUT2D eigenvalue weighted by Gasteiger charge is 2.08. The summed E-state index contributed by atoms with van der Waals surface area (Å²) in [6.07, 6.45) is 17.8. The molecule has 4 nitrogen and oxygen atoms in total. The number of hydrogen-bond donors (Lipinski definition) is 3. The van der Waals surface area contributed by atoms with Crippen LogP contribution in [0.15, 0.2) is 12.2 Å². The van der Waals surface area contributed by atoms with E-state index in [9.17, 15) is 9.90 Å². The fourth-order valence-electron chi connectivity index (χ4n) is 2.41. The summed E-state index contributed by atoms with van der Waals surface area (Å²) in [7, 11) is 0. The van der Waals surface area contributed by atoms with Crippen molar-refractivity contribution in [3.63, 3.8) is 0 Å². The molecule has 0 bridgehead atoms. The lowest BCUT2D eigenvalue weighted by atomic mass is 10.1. The van der Waals surface area contributed by atoms with Crippen molar-refractivity contribution in [1.82, 2.24) is 0 Å². The number of rotatable bonds is 16. The van der Waals surface area contributed by atoms with Crippen LogP contribution >= 0.6 is 0 Å². The first-order chi connectivity index (χ1) is 10.7. The van der Waals surface area contributed by atoms with Crippen molar-refractivity contribution >= 4 is 5.91 Å². The van der Waals surface area contributed by atoms with Gasteiger partial charge in [0, 0.05) is 6.61 Å². The van der Waals surface area contributed by atoms with E-state index in [2.05, 4.69) is 12.2 Å². The van der Waals surface area contributed by atoms with Gasteiger partial charge in [-0.3, -0.25) is 4.79 Å². The molecule has 1 amide bonds. The Balaban J connectivity index is 3.16. The summed E-state index contributed by atoms with van der Waals surface area (Å²) in [6.45, 7) is 0.328. The fraction of sp³-hybridized carbons (Fsp3) is 0.833. The lowest BCUT2D eigenvalue weighted by Gasteiger charge is -2.05. The molecular formula is C18H35NO3. The van der Waals surface area contributed by atoms with Gasteiger partial charge in [-0.25, -0.2) is 0 Å². The van der Waals surface area contributed by atoms with Gasteiger partial charge < -0.3 is 15.9 Å². The number of carbonyl (C=O) groups is 1. The average molecular weight is 313 g/mol. The zero-order chi connectivity index (χ0) is 16.5. The second kappa shape index (κ2) is 16.5. The van der Waals surface area contributed by atoms with Gasteiger partial charge in [-0.05, 0) is 38.5 Å². The largest absolute Gasteiger partial charge is 0.396 e. The van der Waals surface area contributed by atoms with E-state index in [1.165, 1.54) is 38.5 Å². The molecule has 130 valence electrons. The molecule has 1 unspecified atom stereocenters. The Hall–Kier alpha value is -0.870. The van der Waals surface area contributed by atoms with Crippen molar-refractivity contribution in [2.24, 2.45) is 5.73 Å². The predicted molar refractivity (Wildman–Crippen MR) is 91.4 cm³/mol. The second-order valence-corrected chi connectivity index (χ2v) is 6.01. The van der Waals surface area contributed by atoms with Gasteiger partial charge in [0.2, 0.25) is 5.91 Å². The van der Waals surface area contributed by atoms with E-state index in [0.29, 0.717) is 13.0 Å². The van der Waals surface area contributed by atoms with Crippen LogP contribution < -0.4 is 5.73 Å². The standard InChI is InChI=1S/C18H35NO3/c19-18(22)17(21)15-13-11-9-7-5-3-1-2-4-6-8-10-12-14-16-20/h1,3,17,20-21H,2,4-16H2,(H2,19,22)/b3-1-. The van der Waals surface area contributed by atoms with Crippen molar-refractivity contribution in [3.05, 3.63) is 12.2 Å². The topological polar surface area (TPSA) is 83.6 Å². The highest BCUT2D eigenvalue weighted by Crippen LogP contribution is 2.10. The maximum absolute atomic E-state index is 10.6. The van der Waals surface area contributed by atoms with Crippen LogP contribution in [-0.4, -0.2) is 28.8 Å². The summed E-state index contributed by atoms with van der Waals surface area (Å²) in [5.74, 6) is -0.615. The lowest BCUT2D eigenvalue weighted by molar-refractivity contribution is -0.126. The number of nitrogens with two attached hydrogens (primary N) is 1. The lowest BCUT2D eigenvalue weighted by Crippen LogP contribution is -2.27. The van der Waals surface area contributed by atoms with Gasteiger partial charge in [0.05, 0.1) is 0 Å². The first-order valence-electron chi connectivity index (χ1n) is 8.91. The van der Waals surface area contributed by atoms with Crippen LogP contribution in [-0.2, 0) is 4.79 Å². The minimum Gasteiger partial charge on any atom is -0.396 e.